The predicted molar refractivity (Wildman–Crippen MR) is 60.4 cm³/mol. The second-order valence-electron chi connectivity index (χ2n) is 3.27. The second-order valence-corrected chi connectivity index (χ2v) is 3.71. The summed E-state index contributed by atoms with van der Waals surface area (Å²) >= 11 is 5.82. The molecular weight excluding hydrogens is 228 g/mol. The molecule has 0 atom stereocenters. The van der Waals surface area contributed by atoms with Gasteiger partial charge in [-0.2, -0.15) is 0 Å². The van der Waals surface area contributed by atoms with E-state index in [0.29, 0.717) is 28.9 Å². The zero-order chi connectivity index (χ0) is 11.4. The molecule has 0 bridgehead atoms. The third-order valence-electron chi connectivity index (χ3n) is 2.05. The Morgan fingerprint density at radius 1 is 1.19 bits per heavy atom. The van der Waals surface area contributed by atoms with Crippen molar-refractivity contribution in [1.29, 1.82) is 0 Å². The van der Waals surface area contributed by atoms with Crippen molar-refractivity contribution in [2.24, 2.45) is 0 Å². The molecule has 84 valence electrons. The highest BCUT2D eigenvalue weighted by Gasteiger charge is 2.02. The van der Waals surface area contributed by atoms with Crippen molar-refractivity contribution in [3.8, 4) is 5.75 Å². The van der Waals surface area contributed by atoms with Crippen LogP contribution in [0.25, 0.3) is 0 Å². The minimum atomic E-state index is -0.100. The van der Waals surface area contributed by atoms with Crippen molar-refractivity contribution >= 4 is 11.6 Å². The van der Waals surface area contributed by atoms with Crippen LogP contribution in [0.15, 0.2) is 40.8 Å². The van der Waals surface area contributed by atoms with E-state index in [9.17, 15) is 0 Å². The van der Waals surface area contributed by atoms with E-state index < -0.39 is 0 Å². The third kappa shape index (κ3) is 2.78. The average Bonchev–Trinajstić information content (AvgIpc) is 2.74. The summed E-state index contributed by atoms with van der Waals surface area (Å²) in [6.45, 7) is 0.220. The number of benzene rings is 1. The van der Waals surface area contributed by atoms with Crippen molar-refractivity contribution in [2.75, 3.05) is 0 Å². The molecule has 2 aromatic rings. The van der Waals surface area contributed by atoms with Gasteiger partial charge in [0.2, 0.25) is 0 Å². The van der Waals surface area contributed by atoms with Gasteiger partial charge in [0.1, 0.15) is 30.5 Å². The molecule has 2 rings (SSSR count). The van der Waals surface area contributed by atoms with E-state index in [-0.39, 0.29) is 6.61 Å². The molecule has 3 nitrogen and oxygen atoms in total. The summed E-state index contributed by atoms with van der Waals surface area (Å²) in [5.74, 6) is 1.89. The summed E-state index contributed by atoms with van der Waals surface area (Å²) in [6, 6.07) is 10.6. The van der Waals surface area contributed by atoms with Gasteiger partial charge in [0, 0.05) is 5.02 Å². The van der Waals surface area contributed by atoms with Crippen LogP contribution in [0.1, 0.15) is 11.5 Å². The fourth-order valence-electron chi connectivity index (χ4n) is 1.30. The van der Waals surface area contributed by atoms with Crippen molar-refractivity contribution in [3.05, 3.63) is 52.9 Å². The first-order valence-electron chi connectivity index (χ1n) is 4.85. The fraction of sp³-hybridized carbons (Fsp3) is 0.167. The van der Waals surface area contributed by atoms with Crippen LogP contribution in [0, 0.1) is 0 Å². The number of hydrogen-bond acceptors (Lipinski definition) is 3. The SMILES string of the molecule is OCc1ccc(COc2cccc(Cl)c2)o1. The van der Waals surface area contributed by atoms with Crippen molar-refractivity contribution in [1.82, 2.24) is 0 Å². The highest BCUT2D eigenvalue weighted by atomic mass is 35.5. The molecule has 16 heavy (non-hydrogen) atoms. The summed E-state index contributed by atoms with van der Waals surface area (Å²) in [6.07, 6.45) is 0. The van der Waals surface area contributed by atoms with Crippen LogP contribution in [-0.4, -0.2) is 5.11 Å². The van der Waals surface area contributed by atoms with Crippen LogP contribution in [0.2, 0.25) is 5.02 Å². The minimum Gasteiger partial charge on any atom is -0.486 e. The number of hydrogen-bond donors (Lipinski definition) is 1. The Balaban J connectivity index is 1.96. The second kappa shape index (κ2) is 5.05. The van der Waals surface area contributed by atoms with Crippen LogP contribution in [0.3, 0.4) is 0 Å². The monoisotopic (exact) mass is 238 g/mol. The Morgan fingerprint density at radius 3 is 2.69 bits per heavy atom. The van der Waals surface area contributed by atoms with E-state index >= 15 is 0 Å². The topological polar surface area (TPSA) is 42.6 Å². The van der Waals surface area contributed by atoms with Crippen molar-refractivity contribution in [2.45, 2.75) is 13.2 Å². The number of halogens is 1. The van der Waals surface area contributed by atoms with Crippen LogP contribution in [-0.2, 0) is 13.2 Å². The van der Waals surface area contributed by atoms with Gasteiger partial charge in [0.15, 0.2) is 0 Å². The third-order valence-corrected chi connectivity index (χ3v) is 2.29. The van der Waals surface area contributed by atoms with Gasteiger partial charge < -0.3 is 14.3 Å². The van der Waals surface area contributed by atoms with Gasteiger partial charge in [-0.15, -0.1) is 0 Å². The van der Waals surface area contributed by atoms with Gasteiger partial charge in [0.25, 0.3) is 0 Å². The molecule has 0 unspecified atom stereocenters. The molecule has 1 N–H and O–H groups in total. The summed E-state index contributed by atoms with van der Waals surface area (Å²) in [7, 11) is 0. The lowest BCUT2D eigenvalue weighted by Gasteiger charge is -2.03. The summed E-state index contributed by atoms with van der Waals surface area (Å²) in [5.41, 5.74) is 0. The molecule has 1 heterocycles. The minimum absolute atomic E-state index is 0.100. The van der Waals surface area contributed by atoms with E-state index in [1.165, 1.54) is 0 Å². The Morgan fingerprint density at radius 2 is 2.00 bits per heavy atom. The molecule has 0 radical (unpaired) electrons. The quantitative estimate of drug-likeness (QED) is 0.890. The van der Waals surface area contributed by atoms with E-state index in [1.807, 2.05) is 12.1 Å². The molecule has 0 aliphatic rings. The maximum absolute atomic E-state index is 8.82. The lowest BCUT2D eigenvalue weighted by Crippen LogP contribution is -1.93. The summed E-state index contributed by atoms with van der Waals surface area (Å²) < 4.78 is 10.7. The standard InChI is InChI=1S/C12H11ClO3/c13-9-2-1-3-10(6-9)15-8-12-5-4-11(7-14)16-12/h1-6,14H,7-8H2. The first-order chi connectivity index (χ1) is 7.78. The molecule has 0 amide bonds. The van der Waals surface area contributed by atoms with Gasteiger partial charge in [-0.1, -0.05) is 17.7 Å². The molecule has 1 aromatic carbocycles. The Hall–Kier alpha value is -1.45. The first-order valence-corrected chi connectivity index (χ1v) is 5.22. The first kappa shape index (κ1) is 11.0. The molecule has 0 aliphatic carbocycles. The average molecular weight is 239 g/mol. The Kier molecular flexibility index (Phi) is 3.49. The lowest BCUT2D eigenvalue weighted by molar-refractivity contribution is 0.225. The van der Waals surface area contributed by atoms with Crippen LogP contribution in [0.5, 0.6) is 5.75 Å². The lowest BCUT2D eigenvalue weighted by atomic mass is 10.3. The number of aliphatic hydroxyl groups excluding tert-OH is 1. The predicted octanol–water partition coefficient (Wildman–Crippen LogP) is 3.00. The summed E-state index contributed by atoms with van der Waals surface area (Å²) in [5, 5.41) is 9.45. The van der Waals surface area contributed by atoms with E-state index in [1.54, 1.807) is 24.3 Å². The zero-order valence-corrected chi connectivity index (χ0v) is 9.28. The number of aliphatic hydroxyl groups is 1. The summed E-state index contributed by atoms with van der Waals surface area (Å²) in [4.78, 5) is 0. The largest absolute Gasteiger partial charge is 0.486 e. The fourth-order valence-corrected chi connectivity index (χ4v) is 1.48. The Bertz CT molecular complexity index is 465. The van der Waals surface area contributed by atoms with Gasteiger partial charge >= 0.3 is 0 Å². The smallest absolute Gasteiger partial charge is 0.146 e. The van der Waals surface area contributed by atoms with Crippen LogP contribution < -0.4 is 4.74 Å². The number of furan rings is 1. The van der Waals surface area contributed by atoms with Crippen LogP contribution >= 0.6 is 11.6 Å². The molecular formula is C12H11ClO3. The molecule has 0 fully saturated rings. The Labute approximate surface area is 98.2 Å². The van der Waals surface area contributed by atoms with E-state index in [2.05, 4.69) is 0 Å². The van der Waals surface area contributed by atoms with Crippen molar-refractivity contribution < 1.29 is 14.3 Å². The maximum atomic E-state index is 8.82. The molecule has 0 spiro atoms. The zero-order valence-electron chi connectivity index (χ0n) is 8.52. The van der Waals surface area contributed by atoms with E-state index in [0.717, 1.165) is 0 Å². The van der Waals surface area contributed by atoms with Gasteiger partial charge in [0.05, 0.1) is 0 Å². The highest BCUT2D eigenvalue weighted by molar-refractivity contribution is 6.30. The van der Waals surface area contributed by atoms with Gasteiger partial charge in [-0.25, -0.2) is 0 Å². The molecule has 0 saturated carbocycles. The molecule has 0 saturated heterocycles. The molecule has 0 aliphatic heterocycles. The normalized spacial score (nSPS) is 10.4. The molecule has 1 aromatic heterocycles. The number of rotatable bonds is 4. The van der Waals surface area contributed by atoms with Crippen molar-refractivity contribution in [3.63, 3.8) is 0 Å². The molecule has 4 heteroatoms. The van der Waals surface area contributed by atoms with E-state index in [4.69, 9.17) is 25.9 Å². The van der Waals surface area contributed by atoms with Gasteiger partial charge in [-0.3, -0.25) is 0 Å². The number of ether oxygens (including phenoxy) is 1. The van der Waals surface area contributed by atoms with Gasteiger partial charge in [-0.05, 0) is 30.3 Å². The van der Waals surface area contributed by atoms with Crippen LogP contribution in [0.4, 0.5) is 0 Å². The maximum Gasteiger partial charge on any atom is 0.146 e. The highest BCUT2D eigenvalue weighted by Crippen LogP contribution is 2.18.